The predicted molar refractivity (Wildman–Crippen MR) is 90.4 cm³/mol. The van der Waals surface area contributed by atoms with Gasteiger partial charge in [-0.1, -0.05) is 12.1 Å². The highest BCUT2D eigenvalue weighted by molar-refractivity contribution is 5.94. The number of hydrogen-bond acceptors (Lipinski definition) is 4. The molecule has 0 saturated heterocycles. The Labute approximate surface area is 142 Å². The second kappa shape index (κ2) is 7.04. The lowest BCUT2D eigenvalue weighted by Gasteiger charge is -2.14. The molecule has 3 aromatic rings. The molecule has 0 aliphatic carbocycles. The van der Waals surface area contributed by atoms with Gasteiger partial charge in [-0.15, -0.1) is 0 Å². The van der Waals surface area contributed by atoms with Crippen molar-refractivity contribution in [2.75, 3.05) is 0 Å². The van der Waals surface area contributed by atoms with Gasteiger partial charge in [0.15, 0.2) is 0 Å². The molecule has 2 heterocycles. The van der Waals surface area contributed by atoms with Crippen LogP contribution in [0.1, 0.15) is 29.0 Å². The summed E-state index contributed by atoms with van der Waals surface area (Å²) in [5.74, 6) is -0.833. The van der Waals surface area contributed by atoms with Crippen molar-refractivity contribution in [3.05, 3.63) is 82.3 Å². The van der Waals surface area contributed by atoms with E-state index in [2.05, 4.69) is 20.3 Å². The van der Waals surface area contributed by atoms with Crippen LogP contribution in [0.2, 0.25) is 0 Å². The molecule has 2 aromatic heterocycles. The third kappa shape index (κ3) is 3.77. The molecule has 0 bridgehead atoms. The topological polar surface area (TPSA) is 87.7 Å². The molecule has 3 rings (SSSR count). The van der Waals surface area contributed by atoms with Crippen LogP contribution in [0, 0.1) is 5.82 Å². The van der Waals surface area contributed by atoms with Crippen LogP contribution in [-0.4, -0.2) is 20.9 Å². The molecule has 0 spiro atoms. The quantitative estimate of drug-likeness (QED) is 0.765. The summed E-state index contributed by atoms with van der Waals surface area (Å²) >= 11 is 0. The summed E-state index contributed by atoms with van der Waals surface area (Å²) in [6, 6.07) is 9.90. The monoisotopic (exact) mass is 338 g/mol. The van der Waals surface area contributed by atoms with Gasteiger partial charge in [-0.25, -0.2) is 9.37 Å². The molecule has 6 nitrogen and oxygen atoms in total. The summed E-state index contributed by atoms with van der Waals surface area (Å²) in [6.07, 6.45) is 3.19. The average Bonchev–Trinajstić information content (AvgIpc) is 2.62. The van der Waals surface area contributed by atoms with E-state index in [0.717, 1.165) is 0 Å². The number of aromatic amines is 1. The van der Waals surface area contributed by atoms with Crippen molar-refractivity contribution in [2.45, 2.75) is 13.0 Å². The average molecular weight is 338 g/mol. The van der Waals surface area contributed by atoms with E-state index in [-0.39, 0.29) is 11.1 Å². The summed E-state index contributed by atoms with van der Waals surface area (Å²) in [4.78, 5) is 35.1. The largest absolute Gasteiger partial charge is 0.344 e. The minimum absolute atomic E-state index is 0.0633. The highest BCUT2D eigenvalue weighted by Gasteiger charge is 2.16. The van der Waals surface area contributed by atoms with E-state index in [1.165, 1.54) is 24.3 Å². The highest BCUT2D eigenvalue weighted by Crippen LogP contribution is 2.15. The molecule has 0 radical (unpaired) electrons. The van der Waals surface area contributed by atoms with Crippen molar-refractivity contribution in [1.29, 1.82) is 0 Å². The summed E-state index contributed by atoms with van der Waals surface area (Å²) in [7, 11) is 0. The molecule has 0 aliphatic rings. The first-order chi connectivity index (χ1) is 12.0. The third-order valence-corrected chi connectivity index (χ3v) is 3.61. The summed E-state index contributed by atoms with van der Waals surface area (Å²) in [5.41, 5.74) is 0.601. The van der Waals surface area contributed by atoms with Crippen LogP contribution in [-0.2, 0) is 0 Å². The maximum Gasteiger partial charge on any atom is 0.254 e. The van der Waals surface area contributed by atoms with Gasteiger partial charge in [0.05, 0.1) is 17.3 Å². The maximum absolute atomic E-state index is 13.7. The minimum Gasteiger partial charge on any atom is -0.344 e. The Morgan fingerprint density at radius 3 is 2.76 bits per heavy atom. The van der Waals surface area contributed by atoms with E-state index in [1.54, 1.807) is 37.5 Å². The molecule has 0 unspecified atom stereocenters. The van der Waals surface area contributed by atoms with Crippen molar-refractivity contribution in [1.82, 2.24) is 20.3 Å². The van der Waals surface area contributed by atoms with Crippen molar-refractivity contribution in [2.24, 2.45) is 0 Å². The van der Waals surface area contributed by atoms with Gasteiger partial charge in [-0.05, 0) is 31.2 Å². The first-order valence-electron chi connectivity index (χ1n) is 7.61. The second-order valence-electron chi connectivity index (χ2n) is 5.44. The molecule has 0 aliphatic heterocycles. The fraction of sp³-hybridized carbons (Fsp3) is 0.111. The number of rotatable bonds is 4. The molecular formula is C18H15FN4O2. The molecule has 0 fully saturated rings. The SMILES string of the molecule is C[C@@H](NC(=O)c1ccccc1F)c1cc(=O)[nH]c(-c2cccnc2)n1. The van der Waals surface area contributed by atoms with E-state index in [0.29, 0.717) is 17.1 Å². The van der Waals surface area contributed by atoms with Crippen molar-refractivity contribution in [3.63, 3.8) is 0 Å². The highest BCUT2D eigenvalue weighted by atomic mass is 19.1. The maximum atomic E-state index is 13.7. The fourth-order valence-corrected chi connectivity index (χ4v) is 2.33. The van der Waals surface area contributed by atoms with E-state index in [4.69, 9.17) is 0 Å². The zero-order valence-electron chi connectivity index (χ0n) is 13.4. The fourth-order valence-electron chi connectivity index (χ4n) is 2.33. The number of amides is 1. The van der Waals surface area contributed by atoms with Crippen LogP contribution < -0.4 is 10.9 Å². The van der Waals surface area contributed by atoms with Gasteiger partial charge in [0.25, 0.3) is 11.5 Å². The zero-order valence-corrected chi connectivity index (χ0v) is 13.4. The number of benzene rings is 1. The zero-order chi connectivity index (χ0) is 17.8. The van der Waals surface area contributed by atoms with Crippen LogP contribution in [0.25, 0.3) is 11.4 Å². The first kappa shape index (κ1) is 16.5. The Kier molecular flexibility index (Phi) is 4.65. The van der Waals surface area contributed by atoms with Crippen molar-refractivity contribution < 1.29 is 9.18 Å². The van der Waals surface area contributed by atoms with Crippen LogP contribution >= 0.6 is 0 Å². The Morgan fingerprint density at radius 1 is 1.24 bits per heavy atom. The van der Waals surface area contributed by atoms with E-state index >= 15 is 0 Å². The van der Waals surface area contributed by atoms with E-state index in [1.807, 2.05) is 0 Å². The predicted octanol–water partition coefficient (Wildman–Crippen LogP) is 2.46. The molecule has 126 valence electrons. The van der Waals surface area contributed by atoms with Crippen molar-refractivity contribution in [3.8, 4) is 11.4 Å². The number of nitrogens with zero attached hydrogens (tertiary/aromatic N) is 2. The molecule has 1 amide bonds. The third-order valence-electron chi connectivity index (χ3n) is 3.61. The van der Waals surface area contributed by atoms with Gasteiger partial charge in [0.2, 0.25) is 0 Å². The molecular weight excluding hydrogens is 323 g/mol. The second-order valence-corrected chi connectivity index (χ2v) is 5.44. The Morgan fingerprint density at radius 2 is 2.04 bits per heavy atom. The molecule has 0 saturated carbocycles. The van der Waals surface area contributed by atoms with E-state index < -0.39 is 17.8 Å². The van der Waals surface area contributed by atoms with E-state index in [9.17, 15) is 14.0 Å². The summed E-state index contributed by atoms with van der Waals surface area (Å²) in [5, 5.41) is 2.65. The Hall–Kier alpha value is -3.35. The number of pyridine rings is 1. The number of carbonyl (C=O) groups excluding carboxylic acids is 1. The number of hydrogen-bond donors (Lipinski definition) is 2. The van der Waals surface area contributed by atoms with Crippen LogP contribution in [0.4, 0.5) is 4.39 Å². The Balaban J connectivity index is 1.86. The van der Waals surface area contributed by atoms with Gasteiger partial charge in [-0.3, -0.25) is 14.6 Å². The lowest BCUT2D eigenvalue weighted by Crippen LogP contribution is -2.29. The van der Waals surface area contributed by atoms with Gasteiger partial charge in [-0.2, -0.15) is 0 Å². The van der Waals surface area contributed by atoms with Gasteiger partial charge in [0, 0.05) is 24.0 Å². The van der Waals surface area contributed by atoms with Crippen LogP contribution in [0.3, 0.4) is 0 Å². The van der Waals surface area contributed by atoms with Crippen molar-refractivity contribution >= 4 is 5.91 Å². The van der Waals surface area contributed by atoms with Crippen LogP contribution in [0.15, 0.2) is 59.7 Å². The van der Waals surface area contributed by atoms with Gasteiger partial charge >= 0.3 is 0 Å². The summed E-state index contributed by atoms with van der Waals surface area (Å²) in [6.45, 7) is 1.67. The standard InChI is InChI=1S/C18H15FN4O2/c1-11(21-18(25)13-6-2-3-7-14(13)19)15-9-16(24)23-17(22-15)12-5-4-8-20-10-12/h2-11H,1H3,(H,21,25)(H,22,23,24)/t11-/m1/s1. The van der Waals surface area contributed by atoms with Crippen LogP contribution in [0.5, 0.6) is 0 Å². The number of nitrogens with one attached hydrogen (secondary N) is 2. The smallest absolute Gasteiger partial charge is 0.254 e. The molecule has 1 atom stereocenters. The first-order valence-corrected chi connectivity index (χ1v) is 7.61. The normalized spacial score (nSPS) is 11.8. The number of aromatic nitrogens is 3. The molecule has 25 heavy (non-hydrogen) atoms. The number of H-pyrrole nitrogens is 1. The summed E-state index contributed by atoms with van der Waals surface area (Å²) < 4.78 is 13.7. The number of carbonyl (C=O) groups is 1. The Bertz CT molecular complexity index is 957. The molecule has 1 aromatic carbocycles. The molecule has 7 heteroatoms. The lowest BCUT2D eigenvalue weighted by atomic mass is 10.1. The lowest BCUT2D eigenvalue weighted by molar-refractivity contribution is 0.0935. The minimum atomic E-state index is -0.609. The van der Waals surface area contributed by atoms with Gasteiger partial charge < -0.3 is 10.3 Å². The number of halogens is 1. The molecule has 2 N–H and O–H groups in total. The van der Waals surface area contributed by atoms with Gasteiger partial charge in [0.1, 0.15) is 11.6 Å².